The van der Waals surface area contributed by atoms with Crippen LogP contribution in [0.4, 0.5) is 0 Å². The largest absolute Gasteiger partial charge is 0.469 e. The minimum absolute atomic E-state index is 0.00983. The van der Waals surface area contributed by atoms with Crippen LogP contribution in [0.2, 0.25) is 0 Å². The third-order valence-electron chi connectivity index (χ3n) is 3.39. The summed E-state index contributed by atoms with van der Waals surface area (Å²) in [4.78, 5) is 25.3. The van der Waals surface area contributed by atoms with Crippen LogP contribution in [0.5, 0.6) is 0 Å². The first kappa shape index (κ1) is 15.5. The minimum atomic E-state index is -0.353. The quantitative estimate of drug-likeness (QED) is 0.733. The summed E-state index contributed by atoms with van der Waals surface area (Å²) < 4.78 is 15.2. The smallest absolute Gasteiger partial charge is 0.307 e. The zero-order chi connectivity index (χ0) is 15.2. The van der Waals surface area contributed by atoms with Gasteiger partial charge in [-0.3, -0.25) is 9.59 Å². The fourth-order valence-electron chi connectivity index (χ4n) is 2.26. The van der Waals surface area contributed by atoms with Crippen LogP contribution in [-0.2, 0) is 14.3 Å². The Hall–Kier alpha value is -1.89. The molecule has 1 aromatic rings. The van der Waals surface area contributed by atoms with E-state index in [1.54, 1.807) is 17.9 Å². The molecule has 1 saturated heterocycles. The first-order valence-corrected chi connectivity index (χ1v) is 7.01. The van der Waals surface area contributed by atoms with Crippen molar-refractivity contribution < 1.29 is 23.6 Å². The third kappa shape index (κ3) is 4.29. The summed E-state index contributed by atoms with van der Waals surface area (Å²) >= 11 is 0. The van der Waals surface area contributed by atoms with Gasteiger partial charge in [0.25, 0.3) is 5.91 Å². The van der Waals surface area contributed by atoms with E-state index in [4.69, 9.17) is 9.26 Å². The third-order valence-corrected chi connectivity index (χ3v) is 3.39. The Morgan fingerprint density at radius 2 is 2.33 bits per heavy atom. The minimum Gasteiger partial charge on any atom is -0.469 e. The molecule has 0 spiro atoms. The zero-order valence-corrected chi connectivity index (χ0v) is 12.3. The van der Waals surface area contributed by atoms with E-state index in [0.29, 0.717) is 18.8 Å². The molecule has 0 bridgehead atoms. The second kappa shape index (κ2) is 7.21. The highest BCUT2D eigenvalue weighted by Gasteiger charge is 2.26. The molecule has 7 nitrogen and oxygen atoms in total. The van der Waals surface area contributed by atoms with E-state index in [1.807, 2.05) is 0 Å². The molecule has 0 N–H and O–H groups in total. The van der Waals surface area contributed by atoms with Crippen molar-refractivity contribution in [3.8, 4) is 0 Å². The van der Waals surface area contributed by atoms with Gasteiger partial charge < -0.3 is 18.9 Å². The van der Waals surface area contributed by atoms with Gasteiger partial charge in [-0.1, -0.05) is 5.16 Å². The van der Waals surface area contributed by atoms with Gasteiger partial charge in [-0.25, -0.2) is 0 Å². The Balaban J connectivity index is 2.02. The average Bonchev–Trinajstić information content (AvgIpc) is 3.13. The Kier molecular flexibility index (Phi) is 5.32. The van der Waals surface area contributed by atoms with Crippen molar-refractivity contribution in [1.82, 2.24) is 10.1 Å². The molecule has 1 unspecified atom stereocenters. The zero-order valence-electron chi connectivity index (χ0n) is 12.3. The molecule has 1 aromatic heterocycles. The molecule has 1 aliphatic rings. The van der Waals surface area contributed by atoms with E-state index >= 15 is 0 Å². The summed E-state index contributed by atoms with van der Waals surface area (Å²) in [5.41, 5.74) is 0.642. The van der Waals surface area contributed by atoms with Gasteiger partial charge >= 0.3 is 5.97 Å². The molecule has 7 heteroatoms. The summed E-state index contributed by atoms with van der Waals surface area (Å²) in [5.74, 6) is -0.459. The fourth-order valence-corrected chi connectivity index (χ4v) is 2.26. The van der Waals surface area contributed by atoms with Crippen LogP contribution in [-0.4, -0.2) is 54.8 Å². The Morgan fingerprint density at radius 3 is 2.90 bits per heavy atom. The van der Waals surface area contributed by atoms with Gasteiger partial charge in [-0.05, 0) is 19.8 Å². The summed E-state index contributed by atoms with van der Waals surface area (Å²) in [6.45, 7) is 3.17. The Bertz CT molecular complexity index is 493. The van der Waals surface area contributed by atoms with E-state index in [0.717, 1.165) is 12.8 Å². The van der Waals surface area contributed by atoms with Crippen molar-refractivity contribution in [2.45, 2.75) is 32.3 Å². The first-order valence-electron chi connectivity index (χ1n) is 7.01. The van der Waals surface area contributed by atoms with Gasteiger partial charge in [0.1, 0.15) is 0 Å². The molecular formula is C14H20N2O5. The maximum absolute atomic E-state index is 12.4. The molecule has 0 aromatic carbocycles. The van der Waals surface area contributed by atoms with Crippen LogP contribution < -0.4 is 0 Å². The summed E-state index contributed by atoms with van der Waals surface area (Å²) in [6, 6.07) is 1.59. The highest BCUT2D eigenvalue weighted by Crippen LogP contribution is 2.16. The Labute approximate surface area is 123 Å². The molecule has 21 heavy (non-hydrogen) atoms. The van der Waals surface area contributed by atoms with E-state index in [-0.39, 0.29) is 36.7 Å². The predicted octanol–water partition coefficient (Wildman–Crippen LogP) is 1.17. The lowest BCUT2D eigenvalue weighted by Crippen LogP contribution is -2.38. The van der Waals surface area contributed by atoms with Crippen molar-refractivity contribution in [3.05, 3.63) is 17.5 Å². The fraction of sp³-hybridized carbons (Fsp3) is 0.643. The van der Waals surface area contributed by atoms with Crippen molar-refractivity contribution in [2.75, 3.05) is 26.8 Å². The van der Waals surface area contributed by atoms with E-state index < -0.39 is 0 Å². The van der Waals surface area contributed by atoms with Gasteiger partial charge in [-0.2, -0.15) is 0 Å². The number of hydrogen-bond acceptors (Lipinski definition) is 6. The maximum atomic E-state index is 12.4. The van der Waals surface area contributed by atoms with Gasteiger partial charge in [0.05, 0.1) is 25.3 Å². The van der Waals surface area contributed by atoms with E-state index in [2.05, 4.69) is 9.89 Å². The van der Waals surface area contributed by atoms with E-state index in [1.165, 1.54) is 7.11 Å². The average molecular weight is 296 g/mol. The summed E-state index contributed by atoms with van der Waals surface area (Å²) in [5, 5.41) is 3.72. The molecule has 2 rings (SSSR count). The lowest BCUT2D eigenvalue weighted by atomic mass is 10.2. The molecule has 0 saturated carbocycles. The molecular weight excluding hydrogens is 276 g/mol. The number of aromatic nitrogens is 1. The Morgan fingerprint density at radius 1 is 1.52 bits per heavy atom. The molecule has 0 aliphatic carbocycles. The number of amides is 1. The van der Waals surface area contributed by atoms with Crippen LogP contribution in [0.25, 0.3) is 0 Å². The van der Waals surface area contributed by atoms with Crippen molar-refractivity contribution in [1.29, 1.82) is 0 Å². The molecule has 1 amide bonds. The number of carbonyl (C=O) groups is 2. The van der Waals surface area contributed by atoms with Crippen LogP contribution in [0.1, 0.15) is 35.5 Å². The van der Waals surface area contributed by atoms with Gasteiger partial charge in [0.2, 0.25) is 5.76 Å². The summed E-state index contributed by atoms with van der Waals surface area (Å²) in [7, 11) is 1.33. The van der Waals surface area contributed by atoms with Crippen molar-refractivity contribution in [2.24, 2.45) is 0 Å². The number of nitrogens with zero attached hydrogens (tertiary/aromatic N) is 2. The lowest BCUT2D eigenvalue weighted by Gasteiger charge is -2.23. The SMILES string of the molecule is COC(=O)CCN(CC1CCCO1)C(=O)c1cc(C)no1. The molecule has 0 radical (unpaired) electrons. The maximum Gasteiger partial charge on any atom is 0.307 e. The van der Waals surface area contributed by atoms with E-state index in [9.17, 15) is 9.59 Å². The summed E-state index contributed by atoms with van der Waals surface area (Å²) in [6.07, 6.45) is 2.06. The van der Waals surface area contributed by atoms with Gasteiger partial charge in [0.15, 0.2) is 0 Å². The topological polar surface area (TPSA) is 81.9 Å². The number of rotatable bonds is 6. The second-order valence-electron chi connectivity index (χ2n) is 5.04. The number of esters is 1. The highest BCUT2D eigenvalue weighted by atomic mass is 16.5. The van der Waals surface area contributed by atoms with Gasteiger partial charge in [0, 0.05) is 25.8 Å². The second-order valence-corrected chi connectivity index (χ2v) is 5.04. The van der Waals surface area contributed by atoms with Crippen LogP contribution >= 0.6 is 0 Å². The number of carbonyl (C=O) groups excluding carboxylic acids is 2. The first-order chi connectivity index (χ1) is 10.1. The number of ether oxygens (including phenoxy) is 2. The number of hydrogen-bond donors (Lipinski definition) is 0. The predicted molar refractivity (Wildman–Crippen MR) is 72.8 cm³/mol. The van der Waals surface area contributed by atoms with Crippen molar-refractivity contribution >= 4 is 11.9 Å². The monoisotopic (exact) mass is 296 g/mol. The molecule has 1 fully saturated rings. The van der Waals surface area contributed by atoms with Crippen LogP contribution in [0.15, 0.2) is 10.6 Å². The normalized spacial score (nSPS) is 17.7. The van der Waals surface area contributed by atoms with Crippen LogP contribution in [0, 0.1) is 6.92 Å². The molecule has 2 heterocycles. The molecule has 116 valence electrons. The van der Waals surface area contributed by atoms with Gasteiger partial charge in [-0.15, -0.1) is 0 Å². The van der Waals surface area contributed by atoms with Crippen molar-refractivity contribution in [3.63, 3.8) is 0 Å². The number of aryl methyl sites for hydroxylation is 1. The lowest BCUT2D eigenvalue weighted by molar-refractivity contribution is -0.140. The molecule has 1 aliphatic heterocycles. The highest BCUT2D eigenvalue weighted by molar-refractivity contribution is 5.91. The number of methoxy groups -OCH3 is 1. The standard InChI is InChI=1S/C14H20N2O5/c1-10-8-12(21-15-10)14(18)16(6-5-13(17)19-2)9-11-4-3-7-20-11/h8,11H,3-7,9H2,1-2H3. The molecule has 1 atom stereocenters. The van der Waals surface area contributed by atoms with Crippen LogP contribution in [0.3, 0.4) is 0 Å².